The third-order valence-corrected chi connectivity index (χ3v) is 6.92. The lowest BCUT2D eigenvalue weighted by molar-refractivity contribution is 0.0991. The van der Waals surface area contributed by atoms with Crippen LogP contribution in [0.3, 0.4) is 0 Å². The fraction of sp³-hybridized carbons (Fsp3) is 0.250. The van der Waals surface area contributed by atoms with E-state index in [0.29, 0.717) is 11.4 Å². The molecular weight excluding hydrogens is 450 g/mol. The van der Waals surface area contributed by atoms with Gasteiger partial charge in [-0.05, 0) is 49.4 Å². The number of aromatic amines is 1. The van der Waals surface area contributed by atoms with Gasteiger partial charge in [0.05, 0.1) is 11.9 Å². The fourth-order valence-corrected chi connectivity index (χ4v) is 4.66. The lowest BCUT2D eigenvalue weighted by Crippen LogP contribution is -2.44. The summed E-state index contributed by atoms with van der Waals surface area (Å²) in [6, 6.07) is 11.9. The molecule has 1 fully saturated rings. The van der Waals surface area contributed by atoms with Crippen LogP contribution in [0.15, 0.2) is 61.2 Å². The van der Waals surface area contributed by atoms with Crippen molar-refractivity contribution in [1.29, 1.82) is 0 Å². The number of fused-ring (bicyclic) bond motifs is 2. The van der Waals surface area contributed by atoms with Crippen molar-refractivity contribution in [2.75, 3.05) is 38.1 Å². The van der Waals surface area contributed by atoms with Gasteiger partial charge in [-0.15, -0.1) is 0 Å². The van der Waals surface area contributed by atoms with Crippen LogP contribution in [0.4, 0.5) is 5.82 Å². The quantitative estimate of drug-likeness (QED) is 0.382. The second kappa shape index (κ2) is 9.13. The number of pyridine rings is 2. The van der Waals surface area contributed by atoms with Gasteiger partial charge in [-0.1, -0.05) is 12.1 Å². The van der Waals surface area contributed by atoms with Crippen molar-refractivity contribution >= 4 is 33.5 Å². The van der Waals surface area contributed by atoms with Crippen molar-refractivity contribution in [2.45, 2.75) is 13.3 Å². The summed E-state index contributed by atoms with van der Waals surface area (Å²) >= 11 is 0. The highest BCUT2D eigenvalue weighted by Gasteiger charge is 2.17. The number of likely N-dealkylation sites (N-methyl/N-ethyl adjacent to an activating group) is 1. The number of piperazine rings is 1. The zero-order valence-corrected chi connectivity index (χ0v) is 20.4. The maximum atomic E-state index is 13.1. The highest BCUT2D eigenvalue weighted by atomic mass is 16.1. The Kier molecular flexibility index (Phi) is 5.65. The number of anilines is 1. The molecule has 0 saturated carbocycles. The smallest absolute Gasteiger partial charge is 0.170 e. The number of rotatable bonds is 5. The lowest BCUT2D eigenvalue weighted by atomic mass is 10.0. The van der Waals surface area contributed by atoms with Gasteiger partial charge >= 0.3 is 0 Å². The Morgan fingerprint density at radius 1 is 0.972 bits per heavy atom. The lowest BCUT2D eigenvalue weighted by Gasteiger charge is -2.33. The molecule has 6 rings (SSSR count). The number of Topliss-reactive ketones (excluding diaryl/α,β-unsaturated/α-hetero) is 1. The average molecular weight is 478 g/mol. The van der Waals surface area contributed by atoms with Crippen molar-refractivity contribution < 1.29 is 4.79 Å². The van der Waals surface area contributed by atoms with E-state index in [4.69, 9.17) is 4.98 Å². The molecule has 8 heteroatoms. The molecule has 1 aliphatic heterocycles. The number of aryl methyl sites for hydroxylation is 1. The molecular formula is C28H27N7O. The van der Waals surface area contributed by atoms with Gasteiger partial charge < -0.3 is 14.8 Å². The number of aromatic nitrogens is 5. The molecule has 1 aromatic carbocycles. The minimum atomic E-state index is -0.0131. The molecule has 4 aromatic heterocycles. The fourth-order valence-electron chi connectivity index (χ4n) is 4.66. The van der Waals surface area contributed by atoms with E-state index in [2.05, 4.69) is 55.8 Å². The Bertz CT molecular complexity index is 1580. The van der Waals surface area contributed by atoms with Crippen LogP contribution >= 0.6 is 0 Å². The van der Waals surface area contributed by atoms with Gasteiger partial charge in [0.2, 0.25) is 0 Å². The van der Waals surface area contributed by atoms with Gasteiger partial charge in [-0.3, -0.25) is 4.79 Å². The van der Waals surface area contributed by atoms with Gasteiger partial charge in [0.1, 0.15) is 17.3 Å². The van der Waals surface area contributed by atoms with E-state index < -0.39 is 0 Å². The van der Waals surface area contributed by atoms with E-state index in [1.165, 1.54) is 0 Å². The van der Waals surface area contributed by atoms with Crippen LogP contribution in [0.1, 0.15) is 21.7 Å². The zero-order chi connectivity index (χ0) is 24.6. The Morgan fingerprint density at radius 3 is 2.69 bits per heavy atom. The van der Waals surface area contributed by atoms with Gasteiger partial charge in [0.25, 0.3) is 0 Å². The minimum absolute atomic E-state index is 0.0131. The number of ketones is 1. The molecule has 8 nitrogen and oxygen atoms in total. The van der Waals surface area contributed by atoms with Crippen LogP contribution in [0.5, 0.6) is 0 Å². The van der Waals surface area contributed by atoms with Crippen molar-refractivity contribution in [3.05, 3.63) is 78.1 Å². The summed E-state index contributed by atoms with van der Waals surface area (Å²) in [5, 5.41) is 2.04. The summed E-state index contributed by atoms with van der Waals surface area (Å²) in [4.78, 5) is 39.1. The molecule has 0 bridgehead atoms. The van der Waals surface area contributed by atoms with Crippen LogP contribution in [-0.4, -0.2) is 68.8 Å². The number of nitrogens with zero attached hydrogens (tertiary/aromatic N) is 6. The number of carbonyl (C=O) groups excluding carboxylic acids is 1. The second-order valence-corrected chi connectivity index (χ2v) is 9.44. The third-order valence-electron chi connectivity index (χ3n) is 6.92. The van der Waals surface area contributed by atoms with Crippen molar-refractivity contribution in [1.82, 2.24) is 29.8 Å². The zero-order valence-electron chi connectivity index (χ0n) is 20.4. The van der Waals surface area contributed by atoms with Crippen LogP contribution in [0.25, 0.3) is 33.1 Å². The predicted octanol–water partition coefficient (Wildman–Crippen LogP) is 4.05. The predicted molar refractivity (Wildman–Crippen MR) is 141 cm³/mol. The number of carbonyl (C=O) groups is 1. The number of hydrogen-bond acceptors (Lipinski definition) is 7. The summed E-state index contributed by atoms with van der Waals surface area (Å²) in [5.41, 5.74) is 5.54. The minimum Gasteiger partial charge on any atom is -0.354 e. The largest absolute Gasteiger partial charge is 0.354 e. The highest BCUT2D eigenvalue weighted by Crippen LogP contribution is 2.27. The molecule has 1 N–H and O–H groups in total. The van der Waals surface area contributed by atoms with Crippen LogP contribution in [0, 0.1) is 6.92 Å². The molecule has 0 spiro atoms. The molecule has 1 saturated heterocycles. The Labute approximate surface area is 209 Å². The monoisotopic (exact) mass is 477 g/mol. The molecule has 0 unspecified atom stereocenters. The van der Waals surface area contributed by atoms with E-state index in [0.717, 1.165) is 70.6 Å². The Morgan fingerprint density at radius 2 is 1.83 bits per heavy atom. The van der Waals surface area contributed by atoms with Gasteiger partial charge in [-0.2, -0.15) is 0 Å². The number of hydrogen-bond donors (Lipinski definition) is 1. The average Bonchev–Trinajstić information content (AvgIpc) is 3.28. The summed E-state index contributed by atoms with van der Waals surface area (Å²) in [7, 11) is 2.12. The molecule has 1 aliphatic rings. The van der Waals surface area contributed by atoms with Crippen LogP contribution in [0.2, 0.25) is 0 Å². The van der Waals surface area contributed by atoms with Crippen molar-refractivity contribution in [2.24, 2.45) is 0 Å². The topological polar surface area (TPSA) is 90.9 Å². The second-order valence-electron chi connectivity index (χ2n) is 9.44. The molecule has 0 atom stereocenters. The number of H-pyrrole nitrogens is 1. The third kappa shape index (κ3) is 4.31. The molecule has 5 heterocycles. The first-order valence-corrected chi connectivity index (χ1v) is 12.2. The standard InChI is InChI=1S/C28H27N7O/c1-18-15-31-28-23(18)11-22(17-32-28)19-3-4-21-16-30-26(33-24(21)12-19)14-25(36)20-5-6-29-27(13-20)35-9-7-34(2)8-10-35/h3-6,11-13,15-17H,7-10,14H2,1-2H3,(H,31,32). The molecule has 0 amide bonds. The maximum Gasteiger partial charge on any atom is 0.170 e. The Balaban J connectivity index is 1.24. The molecule has 0 aliphatic carbocycles. The van der Waals surface area contributed by atoms with Gasteiger partial charge in [0, 0.05) is 72.9 Å². The van der Waals surface area contributed by atoms with Gasteiger partial charge in [0.15, 0.2) is 5.78 Å². The van der Waals surface area contributed by atoms with E-state index in [-0.39, 0.29) is 12.2 Å². The van der Waals surface area contributed by atoms with Crippen molar-refractivity contribution in [3.63, 3.8) is 0 Å². The van der Waals surface area contributed by atoms with E-state index in [1.807, 2.05) is 30.6 Å². The molecule has 0 radical (unpaired) electrons. The first-order valence-electron chi connectivity index (χ1n) is 12.2. The summed E-state index contributed by atoms with van der Waals surface area (Å²) < 4.78 is 0. The van der Waals surface area contributed by atoms with Crippen LogP contribution < -0.4 is 4.90 Å². The number of benzene rings is 1. The first kappa shape index (κ1) is 22.3. The maximum absolute atomic E-state index is 13.1. The molecule has 5 aromatic rings. The summed E-state index contributed by atoms with van der Waals surface area (Å²) in [6.45, 7) is 5.85. The SMILES string of the molecule is Cc1c[nH]c2ncc(-c3ccc4cnc(CC(=O)c5ccnc(N6CCN(C)CC6)c5)nc4c3)cc12. The number of nitrogens with one attached hydrogen (secondary N) is 1. The first-order chi connectivity index (χ1) is 17.5. The van der Waals surface area contributed by atoms with E-state index in [1.54, 1.807) is 18.5 Å². The Hall–Kier alpha value is -4.17. The summed E-state index contributed by atoms with van der Waals surface area (Å²) in [5.74, 6) is 1.35. The molecule has 36 heavy (non-hydrogen) atoms. The normalized spacial score (nSPS) is 14.6. The summed E-state index contributed by atoms with van der Waals surface area (Å²) in [6.07, 6.45) is 7.48. The van der Waals surface area contributed by atoms with Crippen molar-refractivity contribution in [3.8, 4) is 11.1 Å². The van der Waals surface area contributed by atoms with E-state index >= 15 is 0 Å². The van der Waals surface area contributed by atoms with Crippen LogP contribution in [-0.2, 0) is 6.42 Å². The molecule has 180 valence electrons. The highest BCUT2D eigenvalue weighted by molar-refractivity contribution is 5.98. The van der Waals surface area contributed by atoms with E-state index in [9.17, 15) is 4.79 Å². The van der Waals surface area contributed by atoms with Gasteiger partial charge in [-0.25, -0.2) is 19.9 Å².